The van der Waals surface area contributed by atoms with Gasteiger partial charge in [0.05, 0.1) is 0 Å². The van der Waals surface area contributed by atoms with Gasteiger partial charge in [-0.3, -0.25) is 4.79 Å². The minimum Gasteiger partial charge on any atom is -0.321 e. The minimum absolute atomic E-state index is 0.162. The minimum atomic E-state index is -0.294. The lowest BCUT2D eigenvalue weighted by Gasteiger charge is -2.05. The summed E-state index contributed by atoms with van der Waals surface area (Å²) in [6.45, 7) is 2.17. The molecule has 0 fully saturated rings. The van der Waals surface area contributed by atoms with Crippen molar-refractivity contribution in [1.29, 1.82) is 0 Å². The van der Waals surface area contributed by atoms with E-state index in [0.717, 1.165) is 28.7 Å². The predicted molar refractivity (Wildman–Crippen MR) is 93.0 cm³/mol. The van der Waals surface area contributed by atoms with Gasteiger partial charge in [0.1, 0.15) is 9.90 Å². The molecule has 1 N–H and O–H groups in total. The van der Waals surface area contributed by atoms with E-state index in [4.69, 9.17) is 23.2 Å². The molecule has 0 spiro atoms. The molecule has 0 atom stereocenters. The van der Waals surface area contributed by atoms with Crippen LogP contribution in [0.25, 0.3) is 0 Å². The lowest BCUT2D eigenvalue weighted by atomic mass is 10.2. The van der Waals surface area contributed by atoms with Crippen LogP contribution in [0, 0.1) is 0 Å². The van der Waals surface area contributed by atoms with Gasteiger partial charge < -0.3 is 5.32 Å². The number of nitrogens with one attached hydrogen (secondary N) is 1. The second kappa shape index (κ2) is 8.03. The Balaban J connectivity index is 1.97. The van der Waals surface area contributed by atoms with Gasteiger partial charge in [0.25, 0.3) is 5.91 Å². The van der Waals surface area contributed by atoms with Gasteiger partial charge >= 0.3 is 0 Å². The number of anilines is 1. The number of thioether (sulfide) groups is 1. The van der Waals surface area contributed by atoms with Gasteiger partial charge in [-0.05, 0) is 41.4 Å². The lowest BCUT2D eigenvalue weighted by molar-refractivity contribution is 0.103. The molecule has 1 aromatic heterocycles. The fourth-order valence-corrected chi connectivity index (χ4v) is 3.58. The average molecular weight is 361 g/mol. The summed E-state index contributed by atoms with van der Waals surface area (Å²) in [6, 6.07) is 7.80. The van der Waals surface area contributed by atoms with E-state index < -0.39 is 0 Å². The van der Waals surface area contributed by atoms with Gasteiger partial charge in [0.15, 0.2) is 5.15 Å². The molecule has 1 heterocycles. The van der Waals surface area contributed by atoms with E-state index in [2.05, 4.69) is 16.6 Å². The van der Waals surface area contributed by atoms with E-state index in [1.807, 2.05) is 36.0 Å². The standard InChI is InChI=1S/C14H14Cl2N2OS2/c1-2-7-20-8-9-3-5-10(6-4-9)17-14(19)12-11(15)13(16)18-21-12/h3-6H,2,7-8H2,1H3,(H,17,19). The van der Waals surface area contributed by atoms with E-state index >= 15 is 0 Å². The Kier molecular flexibility index (Phi) is 6.36. The van der Waals surface area contributed by atoms with Crippen molar-refractivity contribution >= 4 is 58.1 Å². The van der Waals surface area contributed by atoms with Crippen LogP contribution in [0.3, 0.4) is 0 Å². The molecule has 0 bridgehead atoms. The van der Waals surface area contributed by atoms with Crippen LogP contribution < -0.4 is 5.32 Å². The maximum absolute atomic E-state index is 12.1. The van der Waals surface area contributed by atoms with Gasteiger partial charge in [-0.15, -0.1) is 0 Å². The Labute approximate surface area is 142 Å². The van der Waals surface area contributed by atoms with Crippen LogP contribution in [-0.2, 0) is 5.75 Å². The first-order valence-electron chi connectivity index (χ1n) is 6.40. The number of carbonyl (C=O) groups excluding carboxylic acids is 1. The van der Waals surface area contributed by atoms with Gasteiger partial charge in [-0.1, -0.05) is 42.3 Å². The highest BCUT2D eigenvalue weighted by atomic mass is 35.5. The summed E-state index contributed by atoms with van der Waals surface area (Å²) < 4.78 is 3.85. The highest BCUT2D eigenvalue weighted by molar-refractivity contribution is 7.98. The Bertz CT molecular complexity index is 614. The maximum Gasteiger partial charge on any atom is 0.268 e. The van der Waals surface area contributed by atoms with E-state index in [1.54, 1.807) is 0 Å². The second-order valence-corrected chi connectivity index (χ2v) is 6.93. The molecule has 7 heteroatoms. The van der Waals surface area contributed by atoms with Crippen LogP contribution in [0.2, 0.25) is 10.2 Å². The monoisotopic (exact) mass is 360 g/mol. The molecule has 0 aliphatic carbocycles. The summed E-state index contributed by atoms with van der Waals surface area (Å²) in [5, 5.41) is 3.15. The van der Waals surface area contributed by atoms with Crippen molar-refractivity contribution in [2.24, 2.45) is 0 Å². The molecule has 2 rings (SSSR count). The zero-order valence-electron chi connectivity index (χ0n) is 11.4. The van der Waals surface area contributed by atoms with Gasteiger partial charge in [0.2, 0.25) is 0 Å². The van der Waals surface area contributed by atoms with Crippen molar-refractivity contribution in [2.45, 2.75) is 19.1 Å². The number of amides is 1. The van der Waals surface area contributed by atoms with Crippen molar-refractivity contribution in [3.05, 3.63) is 44.9 Å². The number of aromatic nitrogens is 1. The van der Waals surface area contributed by atoms with Crippen LogP contribution in [0.1, 0.15) is 28.6 Å². The van der Waals surface area contributed by atoms with E-state index in [9.17, 15) is 4.79 Å². The molecule has 2 aromatic rings. The first kappa shape index (κ1) is 16.6. The smallest absolute Gasteiger partial charge is 0.268 e. The molecule has 0 saturated carbocycles. The predicted octanol–water partition coefficient (Wildman–Crippen LogP) is 5.35. The Morgan fingerprint density at radius 2 is 2.05 bits per heavy atom. The summed E-state index contributed by atoms with van der Waals surface area (Å²) in [6.07, 6.45) is 1.18. The molecule has 0 aliphatic rings. The molecule has 1 aromatic carbocycles. The van der Waals surface area contributed by atoms with Gasteiger partial charge in [-0.2, -0.15) is 16.1 Å². The number of hydrogen-bond acceptors (Lipinski definition) is 4. The third-order valence-electron chi connectivity index (χ3n) is 2.63. The Morgan fingerprint density at radius 1 is 1.33 bits per heavy atom. The van der Waals surface area contributed by atoms with Gasteiger partial charge in [0, 0.05) is 11.4 Å². The SMILES string of the molecule is CCCSCc1ccc(NC(=O)c2snc(Cl)c2Cl)cc1. The fourth-order valence-electron chi connectivity index (χ4n) is 1.61. The molecule has 21 heavy (non-hydrogen) atoms. The topological polar surface area (TPSA) is 42.0 Å². The van der Waals surface area contributed by atoms with E-state index in [0.29, 0.717) is 4.88 Å². The number of carbonyl (C=O) groups is 1. The second-order valence-electron chi connectivity index (χ2n) is 4.32. The van der Waals surface area contributed by atoms with Gasteiger partial charge in [-0.25, -0.2) is 0 Å². The number of benzene rings is 1. The molecule has 0 unspecified atom stereocenters. The van der Waals surface area contributed by atoms with Crippen LogP contribution in [0.15, 0.2) is 24.3 Å². The molecule has 3 nitrogen and oxygen atoms in total. The zero-order chi connectivity index (χ0) is 15.2. The molecular weight excluding hydrogens is 347 g/mol. The third kappa shape index (κ3) is 4.61. The Morgan fingerprint density at radius 3 is 2.62 bits per heavy atom. The highest BCUT2D eigenvalue weighted by Gasteiger charge is 2.17. The molecule has 0 radical (unpaired) electrons. The molecule has 0 saturated heterocycles. The summed E-state index contributed by atoms with van der Waals surface area (Å²) in [7, 11) is 0. The summed E-state index contributed by atoms with van der Waals surface area (Å²) >= 11 is 14.6. The van der Waals surface area contributed by atoms with Crippen molar-refractivity contribution in [3.8, 4) is 0 Å². The molecule has 112 valence electrons. The normalized spacial score (nSPS) is 10.6. The van der Waals surface area contributed by atoms with E-state index in [-0.39, 0.29) is 16.1 Å². The summed E-state index contributed by atoms with van der Waals surface area (Å²) in [4.78, 5) is 12.4. The van der Waals surface area contributed by atoms with Crippen LogP contribution in [-0.4, -0.2) is 16.0 Å². The van der Waals surface area contributed by atoms with Crippen molar-refractivity contribution < 1.29 is 4.79 Å². The highest BCUT2D eigenvalue weighted by Crippen LogP contribution is 2.29. The number of halogens is 2. The number of hydrogen-bond donors (Lipinski definition) is 1. The van der Waals surface area contributed by atoms with E-state index in [1.165, 1.54) is 12.0 Å². The molecular formula is C14H14Cl2N2OS2. The van der Waals surface area contributed by atoms with Crippen LogP contribution in [0.4, 0.5) is 5.69 Å². The fraction of sp³-hybridized carbons (Fsp3) is 0.286. The first-order valence-corrected chi connectivity index (χ1v) is 9.09. The van der Waals surface area contributed by atoms with Crippen molar-refractivity contribution in [2.75, 3.05) is 11.1 Å². The summed E-state index contributed by atoms with van der Waals surface area (Å²) in [5.74, 6) is 1.85. The summed E-state index contributed by atoms with van der Waals surface area (Å²) in [5.41, 5.74) is 1.97. The third-order valence-corrected chi connectivity index (χ3v) is 5.66. The van der Waals surface area contributed by atoms with Crippen LogP contribution in [0.5, 0.6) is 0 Å². The molecule has 0 aliphatic heterocycles. The Hall–Kier alpha value is -0.750. The van der Waals surface area contributed by atoms with Crippen LogP contribution >= 0.6 is 46.5 Å². The maximum atomic E-state index is 12.1. The quantitative estimate of drug-likeness (QED) is 0.706. The lowest BCUT2D eigenvalue weighted by Crippen LogP contribution is -2.10. The molecule has 1 amide bonds. The first-order chi connectivity index (χ1) is 10.1. The zero-order valence-corrected chi connectivity index (χ0v) is 14.5. The number of nitrogens with zero attached hydrogens (tertiary/aromatic N) is 1. The average Bonchev–Trinajstić information content (AvgIpc) is 2.81. The van der Waals surface area contributed by atoms with Crippen molar-refractivity contribution in [1.82, 2.24) is 4.37 Å². The largest absolute Gasteiger partial charge is 0.321 e. The number of rotatable bonds is 6. The van der Waals surface area contributed by atoms with Crippen molar-refractivity contribution in [3.63, 3.8) is 0 Å².